The summed E-state index contributed by atoms with van der Waals surface area (Å²) in [5.74, 6) is 0.0556. The normalized spacial score (nSPS) is 18.5. The van der Waals surface area contributed by atoms with E-state index in [-0.39, 0.29) is 17.4 Å². The van der Waals surface area contributed by atoms with E-state index in [0.717, 1.165) is 25.2 Å². The fraction of sp³-hybridized carbons (Fsp3) is 0.371. The number of ketones is 1. The highest BCUT2D eigenvalue weighted by Gasteiger charge is 2.46. The Bertz CT molecular complexity index is 1460. The molecule has 1 N–H and O–H groups in total. The van der Waals surface area contributed by atoms with E-state index in [4.69, 9.17) is 18.9 Å². The predicted octanol–water partition coefficient (Wildman–Crippen LogP) is 5.21. The van der Waals surface area contributed by atoms with Crippen LogP contribution in [0.15, 0.2) is 78.4 Å². The van der Waals surface area contributed by atoms with Crippen LogP contribution in [0.2, 0.25) is 0 Å². The first-order valence-corrected chi connectivity index (χ1v) is 15.1. The largest absolute Gasteiger partial charge is 0.507 e. The molecule has 0 spiro atoms. The van der Waals surface area contributed by atoms with Crippen LogP contribution in [0.4, 0.5) is 0 Å². The Labute approximate surface area is 258 Å². The number of rotatable bonds is 12. The predicted molar refractivity (Wildman–Crippen MR) is 167 cm³/mol. The molecule has 232 valence electrons. The van der Waals surface area contributed by atoms with Crippen LogP contribution in [0.25, 0.3) is 5.76 Å². The van der Waals surface area contributed by atoms with Crippen molar-refractivity contribution in [2.24, 2.45) is 0 Å². The van der Waals surface area contributed by atoms with Gasteiger partial charge in [-0.05, 0) is 67.8 Å². The lowest BCUT2D eigenvalue weighted by Gasteiger charge is -2.29. The van der Waals surface area contributed by atoms with Crippen LogP contribution < -0.4 is 14.2 Å². The first-order chi connectivity index (χ1) is 21.4. The summed E-state index contributed by atoms with van der Waals surface area (Å²) in [6.07, 6.45) is 0.659. The number of hydrogen-bond acceptors (Lipinski definition) is 8. The van der Waals surface area contributed by atoms with Gasteiger partial charge in [0.05, 0.1) is 38.0 Å². The zero-order chi connectivity index (χ0) is 31.1. The number of likely N-dealkylation sites (tertiary alicyclic amines) is 1. The molecule has 9 nitrogen and oxygen atoms in total. The van der Waals surface area contributed by atoms with Crippen LogP contribution >= 0.6 is 0 Å². The van der Waals surface area contributed by atoms with Gasteiger partial charge >= 0.3 is 0 Å². The van der Waals surface area contributed by atoms with E-state index in [0.29, 0.717) is 61.2 Å². The zero-order valence-corrected chi connectivity index (χ0v) is 25.5. The Hall–Kier alpha value is -4.34. The number of nitrogens with zero attached hydrogens (tertiary/aromatic N) is 2. The molecule has 2 aliphatic heterocycles. The number of methoxy groups -OCH3 is 1. The number of carbonyl (C=O) groups is 2. The smallest absolute Gasteiger partial charge is 0.295 e. The lowest BCUT2D eigenvalue weighted by atomic mass is 9.95. The molecule has 2 saturated heterocycles. The molecule has 1 atom stereocenters. The van der Waals surface area contributed by atoms with Crippen molar-refractivity contribution in [3.63, 3.8) is 0 Å². The second-order valence-electron chi connectivity index (χ2n) is 11.2. The number of aliphatic hydroxyl groups is 1. The van der Waals surface area contributed by atoms with E-state index in [9.17, 15) is 14.7 Å². The SMILES string of the molecule is COc1cc(C2C(=C(O)c3ccc(OC(C)C)cc3)C(=O)C(=O)N2CCCN2CCOCC2)ccc1OCc1ccccc1. The summed E-state index contributed by atoms with van der Waals surface area (Å²) in [5.41, 5.74) is 2.11. The number of aliphatic hydroxyl groups excluding tert-OH is 1. The number of carbonyl (C=O) groups excluding carboxylic acids is 2. The zero-order valence-electron chi connectivity index (χ0n) is 25.5. The summed E-state index contributed by atoms with van der Waals surface area (Å²) in [4.78, 5) is 30.9. The lowest BCUT2D eigenvalue weighted by molar-refractivity contribution is -0.140. The topological polar surface area (TPSA) is 97.8 Å². The Morgan fingerprint density at radius 2 is 1.68 bits per heavy atom. The van der Waals surface area contributed by atoms with Crippen molar-refractivity contribution < 1.29 is 33.6 Å². The molecule has 2 aliphatic rings. The molecule has 44 heavy (non-hydrogen) atoms. The fourth-order valence-electron chi connectivity index (χ4n) is 5.57. The molecule has 3 aromatic carbocycles. The van der Waals surface area contributed by atoms with Gasteiger partial charge in [0.15, 0.2) is 11.5 Å². The molecule has 0 aliphatic carbocycles. The maximum atomic E-state index is 13.6. The van der Waals surface area contributed by atoms with Crippen LogP contribution in [0.3, 0.4) is 0 Å². The molecule has 2 heterocycles. The van der Waals surface area contributed by atoms with Gasteiger partial charge in [-0.3, -0.25) is 14.5 Å². The highest BCUT2D eigenvalue weighted by Crippen LogP contribution is 2.42. The maximum absolute atomic E-state index is 13.6. The average Bonchev–Trinajstić information content (AvgIpc) is 3.29. The van der Waals surface area contributed by atoms with Gasteiger partial charge in [-0.1, -0.05) is 36.4 Å². The third-order valence-electron chi connectivity index (χ3n) is 7.76. The quantitative estimate of drug-likeness (QED) is 0.172. The summed E-state index contributed by atoms with van der Waals surface area (Å²) in [6.45, 7) is 8.37. The van der Waals surface area contributed by atoms with Crippen LogP contribution in [0.1, 0.15) is 43.0 Å². The van der Waals surface area contributed by atoms with Crippen molar-refractivity contribution in [2.45, 2.75) is 39.0 Å². The summed E-state index contributed by atoms with van der Waals surface area (Å²) in [6, 6.07) is 21.2. The van der Waals surface area contributed by atoms with E-state index < -0.39 is 17.7 Å². The van der Waals surface area contributed by atoms with Crippen molar-refractivity contribution in [3.05, 3.63) is 95.1 Å². The fourth-order valence-corrected chi connectivity index (χ4v) is 5.57. The molecule has 1 unspecified atom stereocenters. The summed E-state index contributed by atoms with van der Waals surface area (Å²) >= 11 is 0. The molecule has 0 saturated carbocycles. The minimum Gasteiger partial charge on any atom is -0.507 e. The number of Topliss-reactive ketones (excluding diaryl/α,β-unsaturated/α-hetero) is 1. The third kappa shape index (κ3) is 7.23. The summed E-state index contributed by atoms with van der Waals surface area (Å²) in [5, 5.41) is 11.5. The van der Waals surface area contributed by atoms with Crippen LogP contribution in [-0.4, -0.2) is 79.2 Å². The van der Waals surface area contributed by atoms with Crippen molar-refractivity contribution in [1.82, 2.24) is 9.80 Å². The summed E-state index contributed by atoms with van der Waals surface area (Å²) < 4.78 is 22.9. The molecule has 0 aromatic heterocycles. The van der Waals surface area contributed by atoms with Gasteiger partial charge in [0.1, 0.15) is 18.1 Å². The molecule has 0 radical (unpaired) electrons. The van der Waals surface area contributed by atoms with Crippen molar-refractivity contribution in [2.75, 3.05) is 46.5 Å². The standard InChI is InChI=1S/C35H40N2O7/c1-24(2)44-28-13-10-26(11-14-28)33(38)31-32(37(35(40)34(31)39)17-7-16-36-18-20-42-21-19-36)27-12-15-29(30(22-27)41-3)43-23-25-8-5-4-6-9-25/h4-6,8-15,22,24,32,38H,7,16-21,23H2,1-3H3. The second kappa shape index (κ2) is 14.4. The van der Waals surface area contributed by atoms with E-state index in [1.807, 2.05) is 50.2 Å². The van der Waals surface area contributed by atoms with Gasteiger partial charge < -0.3 is 29.0 Å². The van der Waals surface area contributed by atoms with E-state index in [1.54, 1.807) is 48.4 Å². The highest BCUT2D eigenvalue weighted by atomic mass is 16.5. The van der Waals surface area contributed by atoms with Crippen LogP contribution in [0.5, 0.6) is 17.2 Å². The Balaban J connectivity index is 1.47. The molecular weight excluding hydrogens is 560 g/mol. The van der Waals surface area contributed by atoms with Gasteiger partial charge in [-0.15, -0.1) is 0 Å². The number of hydrogen-bond donors (Lipinski definition) is 1. The minimum atomic E-state index is -0.802. The van der Waals surface area contributed by atoms with E-state index >= 15 is 0 Å². The minimum absolute atomic E-state index is 0.00754. The first-order valence-electron chi connectivity index (χ1n) is 15.1. The monoisotopic (exact) mass is 600 g/mol. The summed E-state index contributed by atoms with van der Waals surface area (Å²) in [7, 11) is 1.55. The van der Waals surface area contributed by atoms with Crippen LogP contribution in [-0.2, 0) is 20.9 Å². The van der Waals surface area contributed by atoms with Crippen molar-refractivity contribution in [1.29, 1.82) is 0 Å². The molecule has 3 aromatic rings. The van der Waals surface area contributed by atoms with Gasteiger partial charge in [0, 0.05) is 31.7 Å². The Kier molecular flexibility index (Phi) is 10.2. The van der Waals surface area contributed by atoms with E-state index in [2.05, 4.69) is 4.90 Å². The van der Waals surface area contributed by atoms with Gasteiger partial charge in [0.2, 0.25) is 0 Å². The highest BCUT2D eigenvalue weighted by molar-refractivity contribution is 6.46. The first kappa shape index (κ1) is 31.1. The third-order valence-corrected chi connectivity index (χ3v) is 7.76. The Morgan fingerprint density at radius 1 is 0.955 bits per heavy atom. The molecule has 1 amide bonds. The van der Waals surface area contributed by atoms with E-state index in [1.165, 1.54) is 0 Å². The lowest BCUT2D eigenvalue weighted by Crippen LogP contribution is -2.39. The molecular formula is C35H40N2O7. The van der Waals surface area contributed by atoms with Gasteiger partial charge in [-0.2, -0.15) is 0 Å². The maximum Gasteiger partial charge on any atom is 0.295 e. The number of ether oxygens (including phenoxy) is 4. The van der Waals surface area contributed by atoms with Crippen molar-refractivity contribution in [3.8, 4) is 17.2 Å². The van der Waals surface area contributed by atoms with Crippen molar-refractivity contribution >= 4 is 17.4 Å². The second-order valence-corrected chi connectivity index (χ2v) is 11.2. The molecule has 5 rings (SSSR count). The average molecular weight is 601 g/mol. The molecule has 0 bridgehead atoms. The number of amides is 1. The van der Waals surface area contributed by atoms with Gasteiger partial charge in [0.25, 0.3) is 11.7 Å². The molecule has 2 fully saturated rings. The van der Waals surface area contributed by atoms with Crippen LogP contribution in [0, 0.1) is 0 Å². The number of benzene rings is 3. The number of morpholine rings is 1. The molecule has 9 heteroatoms. The van der Waals surface area contributed by atoms with Gasteiger partial charge in [-0.25, -0.2) is 0 Å². The Morgan fingerprint density at radius 3 is 2.36 bits per heavy atom.